The first kappa shape index (κ1) is 20.9. The van der Waals surface area contributed by atoms with Gasteiger partial charge < -0.3 is 0 Å². The fourth-order valence-electron chi connectivity index (χ4n) is 3.53. The number of rotatable bonds is 7. The van der Waals surface area contributed by atoms with Crippen molar-refractivity contribution in [1.29, 1.82) is 0 Å². The fourth-order valence-corrected chi connectivity index (χ4v) is 4.12. The van der Waals surface area contributed by atoms with Crippen molar-refractivity contribution in [3.05, 3.63) is 108 Å². The average molecular weight is 427 g/mol. The maximum atomic E-state index is 3.22. The van der Waals surface area contributed by atoms with Crippen LogP contribution >= 0.6 is 26.2 Å². The quantitative estimate of drug-likeness (QED) is 0.376. The molecule has 3 aromatic rings. The van der Waals surface area contributed by atoms with Crippen LogP contribution in [-0.4, -0.2) is 5.16 Å². The summed E-state index contributed by atoms with van der Waals surface area (Å²) in [5, 5.41) is 0.137. The minimum absolute atomic E-state index is 0. The van der Waals surface area contributed by atoms with Crippen molar-refractivity contribution < 1.29 is 0 Å². The lowest BCUT2D eigenvalue weighted by Crippen LogP contribution is -2.36. The minimum Gasteiger partial charge on any atom is -0.130 e. The second kappa shape index (κ2) is 10.0. The van der Waals surface area contributed by atoms with Gasteiger partial charge in [-0.15, -0.1) is 26.2 Å². The van der Waals surface area contributed by atoms with Gasteiger partial charge in [-0.3, -0.25) is 0 Å². The Morgan fingerprint density at radius 3 is 1.38 bits per heavy atom. The molecule has 0 saturated heterocycles. The van der Waals surface area contributed by atoms with Gasteiger partial charge in [0.25, 0.3) is 0 Å². The average Bonchev–Trinajstić information content (AvgIpc) is 2.64. The van der Waals surface area contributed by atoms with Gasteiger partial charge in [-0.1, -0.05) is 97.9 Å². The molecule has 3 rings (SSSR count). The van der Waals surface area contributed by atoms with Crippen molar-refractivity contribution in [3.63, 3.8) is 0 Å². The van der Waals surface area contributed by atoms with Crippen LogP contribution in [0.2, 0.25) is 0 Å². The van der Waals surface area contributed by atoms with Crippen LogP contribution in [0.3, 0.4) is 0 Å². The zero-order chi connectivity index (χ0) is 17.5. The second-order valence-corrected chi connectivity index (χ2v) is 8.30. The molecule has 0 spiro atoms. The van der Waals surface area contributed by atoms with E-state index in [9.17, 15) is 0 Å². The summed E-state index contributed by atoms with van der Waals surface area (Å²) in [7, 11) is 3.22. The van der Waals surface area contributed by atoms with E-state index in [0.717, 1.165) is 19.3 Å². The van der Waals surface area contributed by atoms with E-state index >= 15 is 0 Å². The molecule has 26 heavy (non-hydrogen) atoms. The number of halogens is 1. The number of hydrogen-bond acceptors (Lipinski definition) is 0. The van der Waals surface area contributed by atoms with E-state index in [-0.39, 0.29) is 22.1 Å². The molecule has 0 bridgehead atoms. The van der Waals surface area contributed by atoms with Crippen molar-refractivity contribution in [1.82, 2.24) is 0 Å². The molecular formula is C24H28BrP. The normalized spacial score (nSPS) is 12.2. The first-order valence-electron chi connectivity index (χ1n) is 9.06. The van der Waals surface area contributed by atoms with Gasteiger partial charge in [-0.25, -0.2) is 0 Å². The highest BCUT2D eigenvalue weighted by molar-refractivity contribution is 8.93. The molecule has 0 N–H and O–H groups in total. The molecule has 2 unspecified atom stereocenters. The highest BCUT2D eigenvalue weighted by Crippen LogP contribution is 2.37. The van der Waals surface area contributed by atoms with Crippen LogP contribution in [0.25, 0.3) is 0 Å². The van der Waals surface area contributed by atoms with E-state index in [1.165, 1.54) is 16.7 Å². The Labute approximate surface area is 171 Å². The standard InChI is InChI=1S/C24H27P.BrH/c1-20(17-21-11-5-2-6-12-21)24(25,18-22-13-7-3-8-14-22)19-23-15-9-4-10-16-23;/h2-16,20H,17-19,25H2,1H3;1H. The van der Waals surface area contributed by atoms with Crippen LogP contribution in [0.1, 0.15) is 23.6 Å². The predicted molar refractivity (Wildman–Crippen MR) is 122 cm³/mol. The van der Waals surface area contributed by atoms with E-state index < -0.39 is 0 Å². The third-order valence-electron chi connectivity index (χ3n) is 5.12. The third kappa shape index (κ3) is 5.79. The molecule has 2 atom stereocenters. The Morgan fingerprint density at radius 1 is 0.654 bits per heavy atom. The Balaban J connectivity index is 0.00000243. The molecule has 0 amide bonds. The summed E-state index contributed by atoms with van der Waals surface area (Å²) in [6, 6.07) is 32.6. The van der Waals surface area contributed by atoms with Crippen molar-refractivity contribution in [2.24, 2.45) is 5.92 Å². The maximum Gasteiger partial charge on any atom is -0.00411 e. The predicted octanol–water partition coefficient (Wildman–Crippen LogP) is 6.54. The van der Waals surface area contributed by atoms with Gasteiger partial charge in [-0.2, -0.15) is 0 Å². The van der Waals surface area contributed by atoms with Crippen LogP contribution in [-0.2, 0) is 19.3 Å². The summed E-state index contributed by atoms with van der Waals surface area (Å²) >= 11 is 0. The van der Waals surface area contributed by atoms with E-state index in [2.05, 4.69) is 107 Å². The smallest absolute Gasteiger partial charge is 0.00411 e. The minimum atomic E-state index is 0. The molecule has 3 aromatic carbocycles. The van der Waals surface area contributed by atoms with Gasteiger partial charge in [0.1, 0.15) is 0 Å². The molecule has 0 fully saturated rings. The second-order valence-electron chi connectivity index (χ2n) is 7.15. The largest absolute Gasteiger partial charge is 0.130 e. The van der Waals surface area contributed by atoms with Crippen molar-refractivity contribution in [2.75, 3.05) is 0 Å². The van der Waals surface area contributed by atoms with E-state index in [0.29, 0.717) is 5.92 Å². The van der Waals surface area contributed by atoms with Gasteiger partial charge >= 0.3 is 0 Å². The molecule has 0 aliphatic carbocycles. The lowest BCUT2D eigenvalue weighted by molar-refractivity contribution is 0.394. The molecule has 0 aliphatic heterocycles. The maximum absolute atomic E-state index is 3.22. The first-order valence-corrected chi connectivity index (χ1v) is 9.64. The number of benzene rings is 3. The molecule has 0 heterocycles. The zero-order valence-electron chi connectivity index (χ0n) is 15.3. The van der Waals surface area contributed by atoms with Crippen LogP contribution in [0.15, 0.2) is 91.0 Å². The molecule has 0 saturated carbocycles. The lowest BCUT2D eigenvalue weighted by Gasteiger charge is -2.36. The van der Waals surface area contributed by atoms with Crippen LogP contribution in [0.4, 0.5) is 0 Å². The van der Waals surface area contributed by atoms with E-state index in [1.54, 1.807) is 0 Å². The Morgan fingerprint density at radius 2 is 1.00 bits per heavy atom. The first-order chi connectivity index (χ1) is 12.2. The molecule has 136 valence electrons. The molecule has 0 radical (unpaired) electrons. The molecular weight excluding hydrogens is 399 g/mol. The van der Waals surface area contributed by atoms with Crippen molar-refractivity contribution >= 4 is 26.2 Å². The summed E-state index contributed by atoms with van der Waals surface area (Å²) in [6.45, 7) is 2.39. The van der Waals surface area contributed by atoms with Gasteiger partial charge in [0.05, 0.1) is 0 Å². The summed E-state index contributed by atoms with van der Waals surface area (Å²) in [4.78, 5) is 0. The fraction of sp³-hybridized carbons (Fsp3) is 0.250. The van der Waals surface area contributed by atoms with Crippen LogP contribution in [0, 0.1) is 5.92 Å². The SMILES string of the molecule is Br.CC(Cc1ccccc1)C(P)(Cc1ccccc1)Cc1ccccc1. The van der Waals surface area contributed by atoms with E-state index in [4.69, 9.17) is 0 Å². The monoisotopic (exact) mass is 426 g/mol. The number of hydrogen-bond donors (Lipinski definition) is 0. The summed E-state index contributed by atoms with van der Waals surface area (Å²) in [6.07, 6.45) is 3.24. The Kier molecular flexibility index (Phi) is 8.07. The summed E-state index contributed by atoms with van der Waals surface area (Å²) < 4.78 is 0. The highest BCUT2D eigenvalue weighted by atomic mass is 79.9. The topological polar surface area (TPSA) is 0 Å². The Hall–Kier alpha value is -1.43. The highest BCUT2D eigenvalue weighted by Gasteiger charge is 2.32. The third-order valence-corrected chi connectivity index (χ3v) is 6.10. The molecule has 0 aliphatic rings. The van der Waals surface area contributed by atoms with E-state index in [1.807, 2.05) is 0 Å². The lowest BCUT2D eigenvalue weighted by atomic mass is 9.79. The summed E-state index contributed by atoms with van der Waals surface area (Å²) in [5.41, 5.74) is 4.24. The zero-order valence-corrected chi connectivity index (χ0v) is 18.2. The van der Waals surface area contributed by atoms with Gasteiger partial charge in [-0.05, 0) is 47.0 Å². The van der Waals surface area contributed by atoms with Gasteiger partial charge in [0.2, 0.25) is 0 Å². The van der Waals surface area contributed by atoms with Gasteiger partial charge in [0, 0.05) is 0 Å². The Bertz CT molecular complexity index is 714. The van der Waals surface area contributed by atoms with Crippen molar-refractivity contribution in [2.45, 2.75) is 31.3 Å². The van der Waals surface area contributed by atoms with Gasteiger partial charge in [0.15, 0.2) is 0 Å². The molecule has 0 nitrogen and oxygen atoms in total. The van der Waals surface area contributed by atoms with Crippen LogP contribution < -0.4 is 0 Å². The van der Waals surface area contributed by atoms with Crippen LogP contribution in [0.5, 0.6) is 0 Å². The van der Waals surface area contributed by atoms with Crippen molar-refractivity contribution in [3.8, 4) is 0 Å². The molecule has 2 heteroatoms. The summed E-state index contributed by atoms with van der Waals surface area (Å²) in [5.74, 6) is 0.556. The molecule has 0 aromatic heterocycles.